The van der Waals surface area contributed by atoms with E-state index in [0.717, 1.165) is 0 Å². The van der Waals surface area contributed by atoms with Crippen molar-refractivity contribution in [2.75, 3.05) is 13.0 Å². The van der Waals surface area contributed by atoms with E-state index in [9.17, 15) is 4.79 Å². The average molecular weight is 183 g/mol. The molecule has 2 nitrogen and oxygen atoms in total. The molecule has 58 valence electrons. The summed E-state index contributed by atoms with van der Waals surface area (Å²) in [7, 11) is 1.33. The zero-order chi connectivity index (χ0) is 7.78. The highest BCUT2D eigenvalue weighted by Crippen LogP contribution is 2.50. The van der Waals surface area contributed by atoms with Gasteiger partial charge in [0.1, 0.15) is 4.87 Å². The molecule has 1 rings (SSSR count). The Hall–Kier alpha value is 0.0500. The number of halogens is 2. The summed E-state index contributed by atoms with van der Waals surface area (Å²) in [5, 5.41) is 0. The quantitative estimate of drug-likeness (QED) is 0.477. The number of carbonyl (C=O) groups excluding carboxylic acids is 1. The molecule has 0 saturated heterocycles. The molecule has 1 aliphatic rings. The van der Waals surface area contributed by atoms with Crippen LogP contribution in [0.5, 0.6) is 0 Å². The predicted molar refractivity (Wildman–Crippen MR) is 39.4 cm³/mol. The Morgan fingerprint density at radius 2 is 2.50 bits per heavy atom. The van der Waals surface area contributed by atoms with Crippen LogP contribution < -0.4 is 0 Å². The summed E-state index contributed by atoms with van der Waals surface area (Å²) >= 11 is 11.3. The van der Waals surface area contributed by atoms with Crippen LogP contribution in [0.15, 0.2) is 0 Å². The third-order valence-corrected chi connectivity index (χ3v) is 2.73. The summed E-state index contributed by atoms with van der Waals surface area (Å²) in [5.41, 5.74) is 0. The Labute approximate surface area is 69.4 Å². The van der Waals surface area contributed by atoms with E-state index >= 15 is 0 Å². The van der Waals surface area contributed by atoms with E-state index in [0.29, 0.717) is 12.3 Å². The van der Waals surface area contributed by atoms with Gasteiger partial charge in [-0.05, 0) is 6.42 Å². The summed E-state index contributed by atoms with van der Waals surface area (Å²) in [5.74, 6) is 0.168. The van der Waals surface area contributed by atoms with Crippen molar-refractivity contribution in [1.82, 2.24) is 0 Å². The van der Waals surface area contributed by atoms with Gasteiger partial charge in [-0.15, -0.1) is 23.2 Å². The number of carbonyl (C=O) groups is 1. The number of alkyl halides is 2. The standard InChI is InChI=1S/C6H8Cl2O2/c1-10-5(9)6(8)2-4(6)3-7/h4H,2-3H2,1H3. The molecule has 1 saturated carbocycles. The first-order valence-electron chi connectivity index (χ1n) is 2.98. The Morgan fingerprint density at radius 1 is 1.90 bits per heavy atom. The van der Waals surface area contributed by atoms with Crippen molar-refractivity contribution >= 4 is 29.2 Å². The third-order valence-electron chi connectivity index (χ3n) is 1.74. The van der Waals surface area contributed by atoms with Crippen LogP contribution in [0.1, 0.15) is 6.42 Å². The highest BCUT2D eigenvalue weighted by atomic mass is 35.5. The molecule has 2 atom stereocenters. The normalized spacial score (nSPS) is 37.3. The van der Waals surface area contributed by atoms with Gasteiger partial charge in [0.15, 0.2) is 0 Å². The molecule has 10 heavy (non-hydrogen) atoms. The Balaban J connectivity index is 2.50. The second-order valence-electron chi connectivity index (χ2n) is 2.41. The minimum Gasteiger partial charge on any atom is -0.468 e. The number of hydrogen-bond acceptors (Lipinski definition) is 2. The van der Waals surface area contributed by atoms with E-state index in [-0.39, 0.29) is 11.9 Å². The summed E-state index contributed by atoms with van der Waals surface area (Å²) in [6.45, 7) is 0. The van der Waals surface area contributed by atoms with Gasteiger partial charge < -0.3 is 4.74 Å². The van der Waals surface area contributed by atoms with E-state index in [1.54, 1.807) is 0 Å². The Bertz CT molecular complexity index is 160. The second kappa shape index (κ2) is 2.59. The molecule has 0 N–H and O–H groups in total. The van der Waals surface area contributed by atoms with Gasteiger partial charge in [-0.2, -0.15) is 0 Å². The van der Waals surface area contributed by atoms with Crippen molar-refractivity contribution < 1.29 is 9.53 Å². The topological polar surface area (TPSA) is 26.3 Å². The molecule has 0 aromatic heterocycles. The number of methoxy groups -OCH3 is 1. The molecule has 0 bridgehead atoms. The monoisotopic (exact) mass is 182 g/mol. The van der Waals surface area contributed by atoms with E-state index in [1.807, 2.05) is 0 Å². The van der Waals surface area contributed by atoms with Crippen LogP contribution in [0.4, 0.5) is 0 Å². The Kier molecular flexibility index (Phi) is 2.11. The van der Waals surface area contributed by atoms with Crippen LogP contribution >= 0.6 is 23.2 Å². The molecule has 0 spiro atoms. The molecule has 0 aromatic rings. The van der Waals surface area contributed by atoms with Crippen molar-refractivity contribution in [3.05, 3.63) is 0 Å². The van der Waals surface area contributed by atoms with Crippen molar-refractivity contribution in [1.29, 1.82) is 0 Å². The SMILES string of the molecule is COC(=O)C1(Cl)CC1CCl. The first kappa shape index (κ1) is 8.15. The van der Waals surface area contributed by atoms with Gasteiger partial charge in [-0.1, -0.05) is 0 Å². The van der Waals surface area contributed by atoms with Crippen LogP contribution in [0, 0.1) is 5.92 Å². The van der Waals surface area contributed by atoms with Crippen LogP contribution in [-0.2, 0) is 9.53 Å². The average Bonchev–Trinajstić information content (AvgIpc) is 2.61. The molecule has 2 unspecified atom stereocenters. The van der Waals surface area contributed by atoms with Crippen molar-refractivity contribution in [3.8, 4) is 0 Å². The fourth-order valence-electron chi connectivity index (χ4n) is 0.896. The maximum atomic E-state index is 10.9. The van der Waals surface area contributed by atoms with E-state index in [2.05, 4.69) is 4.74 Å². The van der Waals surface area contributed by atoms with Gasteiger partial charge in [-0.25, -0.2) is 0 Å². The molecule has 0 aliphatic heterocycles. The Morgan fingerprint density at radius 3 is 2.80 bits per heavy atom. The second-order valence-corrected chi connectivity index (χ2v) is 3.39. The van der Waals surface area contributed by atoms with Crippen molar-refractivity contribution in [2.45, 2.75) is 11.3 Å². The zero-order valence-electron chi connectivity index (χ0n) is 5.56. The lowest BCUT2D eigenvalue weighted by Crippen LogP contribution is -2.20. The van der Waals surface area contributed by atoms with Gasteiger partial charge in [-0.3, -0.25) is 4.79 Å². The van der Waals surface area contributed by atoms with Crippen LogP contribution in [-0.4, -0.2) is 23.8 Å². The lowest BCUT2D eigenvalue weighted by molar-refractivity contribution is -0.141. The fraction of sp³-hybridized carbons (Fsp3) is 0.833. The molecule has 4 heteroatoms. The smallest absolute Gasteiger partial charge is 0.327 e. The largest absolute Gasteiger partial charge is 0.468 e. The minimum atomic E-state index is -0.795. The predicted octanol–water partition coefficient (Wildman–Crippen LogP) is 1.40. The number of ether oxygens (including phenoxy) is 1. The van der Waals surface area contributed by atoms with Crippen LogP contribution in [0.3, 0.4) is 0 Å². The third kappa shape index (κ3) is 1.10. The molecule has 0 radical (unpaired) electrons. The summed E-state index contributed by atoms with van der Waals surface area (Å²) in [4.78, 5) is 10.1. The summed E-state index contributed by atoms with van der Waals surface area (Å²) in [6.07, 6.45) is 0.644. The first-order valence-corrected chi connectivity index (χ1v) is 3.89. The zero-order valence-corrected chi connectivity index (χ0v) is 7.08. The maximum absolute atomic E-state index is 10.9. The van der Waals surface area contributed by atoms with Crippen molar-refractivity contribution in [2.24, 2.45) is 5.92 Å². The molecule has 0 aromatic carbocycles. The highest BCUT2D eigenvalue weighted by molar-refractivity contribution is 6.37. The van der Waals surface area contributed by atoms with E-state index in [1.165, 1.54) is 7.11 Å². The first-order chi connectivity index (χ1) is 4.65. The summed E-state index contributed by atoms with van der Waals surface area (Å²) < 4.78 is 4.48. The van der Waals surface area contributed by atoms with Gasteiger partial charge in [0.25, 0.3) is 0 Å². The number of esters is 1. The molecular formula is C6H8Cl2O2. The van der Waals surface area contributed by atoms with Gasteiger partial charge in [0, 0.05) is 11.8 Å². The van der Waals surface area contributed by atoms with Gasteiger partial charge in [0.2, 0.25) is 0 Å². The van der Waals surface area contributed by atoms with Gasteiger partial charge in [0.05, 0.1) is 7.11 Å². The van der Waals surface area contributed by atoms with Crippen molar-refractivity contribution in [3.63, 3.8) is 0 Å². The van der Waals surface area contributed by atoms with Crippen LogP contribution in [0.25, 0.3) is 0 Å². The summed E-state index contributed by atoms with van der Waals surface area (Å²) in [6, 6.07) is 0. The lowest BCUT2D eigenvalue weighted by Gasteiger charge is -2.03. The van der Waals surface area contributed by atoms with E-state index < -0.39 is 4.87 Å². The lowest BCUT2D eigenvalue weighted by atomic mass is 10.3. The fourth-order valence-corrected chi connectivity index (χ4v) is 1.69. The number of rotatable bonds is 2. The maximum Gasteiger partial charge on any atom is 0.327 e. The van der Waals surface area contributed by atoms with Gasteiger partial charge >= 0.3 is 5.97 Å². The van der Waals surface area contributed by atoms with Crippen LogP contribution in [0.2, 0.25) is 0 Å². The highest BCUT2D eigenvalue weighted by Gasteiger charge is 2.59. The molecular weight excluding hydrogens is 175 g/mol. The molecule has 1 fully saturated rings. The number of hydrogen-bond donors (Lipinski definition) is 0. The molecule has 1 aliphatic carbocycles. The molecule has 0 amide bonds. The van der Waals surface area contributed by atoms with E-state index in [4.69, 9.17) is 23.2 Å². The molecule has 0 heterocycles. The minimum absolute atomic E-state index is 0.100.